The minimum absolute atomic E-state index is 0.0173. The second kappa shape index (κ2) is 9.95. The Morgan fingerprint density at radius 1 is 1.10 bits per heavy atom. The summed E-state index contributed by atoms with van der Waals surface area (Å²) in [5, 5.41) is 5.84. The minimum Gasteiger partial charge on any atom is -0.490 e. The molecule has 1 aliphatic rings. The predicted molar refractivity (Wildman–Crippen MR) is 128 cm³/mol. The lowest BCUT2D eigenvalue weighted by Gasteiger charge is -2.17. The standard InChI is InChI=1S/C20H15Cl2IN2O4S/c1-2-28-16-7-10(5-13-18(26)24-20(30)25-19(13)27)6-15(23)17(16)29-9-11-3-4-12(21)8-14(11)22/h3-8H,2,9H2,1H3,(H2,24,25,26,27,30). The van der Waals surface area contributed by atoms with Crippen LogP contribution in [0.5, 0.6) is 11.5 Å². The Bertz CT molecular complexity index is 1050. The lowest BCUT2D eigenvalue weighted by atomic mass is 10.1. The van der Waals surface area contributed by atoms with Crippen LogP contribution < -0.4 is 20.1 Å². The van der Waals surface area contributed by atoms with Gasteiger partial charge in [-0.1, -0.05) is 29.3 Å². The van der Waals surface area contributed by atoms with Crippen molar-refractivity contribution < 1.29 is 19.1 Å². The number of carbonyl (C=O) groups is 2. The van der Waals surface area contributed by atoms with E-state index in [1.54, 1.807) is 30.3 Å². The average Bonchev–Trinajstić information content (AvgIpc) is 2.65. The number of carbonyl (C=O) groups excluding carboxylic acids is 2. The molecule has 0 bridgehead atoms. The molecule has 0 radical (unpaired) electrons. The number of rotatable bonds is 6. The molecule has 2 N–H and O–H groups in total. The van der Waals surface area contributed by atoms with E-state index in [4.69, 9.17) is 44.9 Å². The monoisotopic (exact) mass is 576 g/mol. The zero-order valence-corrected chi connectivity index (χ0v) is 20.0. The summed E-state index contributed by atoms with van der Waals surface area (Å²) in [6.07, 6.45) is 1.47. The van der Waals surface area contributed by atoms with Crippen LogP contribution in [0.4, 0.5) is 0 Å². The van der Waals surface area contributed by atoms with Gasteiger partial charge in [-0.25, -0.2) is 0 Å². The van der Waals surface area contributed by atoms with Crippen molar-refractivity contribution in [3.8, 4) is 11.5 Å². The molecular formula is C20H15Cl2IN2O4S. The normalized spacial score (nSPS) is 13.6. The summed E-state index contributed by atoms with van der Waals surface area (Å²) in [7, 11) is 0. The van der Waals surface area contributed by atoms with Gasteiger partial charge in [-0.15, -0.1) is 0 Å². The van der Waals surface area contributed by atoms with Crippen LogP contribution in [0.1, 0.15) is 18.1 Å². The molecule has 0 unspecified atom stereocenters. The zero-order chi connectivity index (χ0) is 21.8. The highest BCUT2D eigenvalue weighted by Gasteiger charge is 2.26. The fraction of sp³-hybridized carbons (Fsp3) is 0.150. The van der Waals surface area contributed by atoms with Gasteiger partial charge in [0.1, 0.15) is 12.2 Å². The van der Waals surface area contributed by atoms with Gasteiger partial charge in [0.25, 0.3) is 11.8 Å². The molecule has 3 rings (SSSR count). The van der Waals surface area contributed by atoms with Crippen LogP contribution in [0, 0.1) is 3.57 Å². The molecule has 10 heteroatoms. The maximum Gasteiger partial charge on any atom is 0.263 e. The summed E-state index contributed by atoms with van der Waals surface area (Å²) in [4.78, 5) is 24.2. The van der Waals surface area contributed by atoms with Gasteiger partial charge in [-0.3, -0.25) is 20.2 Å². The maximum absolute atomic E-state index is 12.1. The molecule has 2 amide bonds. The van der Waals surface area contributed by atoms with Crippen LogP contribution in [0.25, 0.3) is 6.08 Å². The Balaban J connectivity index is 1.90. The second-order valence-corrected chi connectivity index (χ2v) is 8.50. The first kappa shape index (κ1) is 22.8. The first-order chi connectivity index (χ1) is 14.3. The quantitative estimate of drug-likeness (QED) is 0.229. The fourth-order valence-electron chi connectivity index (χ4n) is 2.64. The first-order valence-corrected chi connectivity index (χ1v) is 10.9. The number of halogens is 3. The van der Waals surface area contributed by atoms with Crippen molar-refractivity contribution in [3.63, 3.8) is 0 Å². The van der Waals surface area contributed by atoms with Gasteiger partial charge < -0.3 is 9.47 Å². The topological polar surface area (TPSA) is 76.7 Å². The van der Waals surface area contributed by atoms with Crippen molar-refractivity contribution in [2.45, 2.75) is 13.5 Å². The number of thiocarbonyl (C=S) groups is 1. The van der Waals surface area contributed by atoms with E-state index in [1.807, 2.05) is 6.92 Å². The van der Waals surface area contributed by atoms with E-state index in [0.717, 1.165) is 9.13 Å². The molecule has 1 heterocycles. The second-order valence-electron chi connectivity index (χ2n) is 6.08. The van der Waals surface area contributed by atoms with Gasteiger partial charge in [-0.05, 0) is 77.6 Å². The number of hydrogen-bond donors (Lipinski definition) is 2. The molecule has 1 aliphatic heterocycles. The smallest absolute Gasteiger partial charge is 0.263 e. The first-order valence-electron chi connectivity index (χ1n) is 8.70. The Kier molecular flexibility index (Phi) is 7.56. The van der Waals surface area contributed by atoms with Crippen LogP contribution in [0.2, 0.25) is 10.0 Å². The summed E-state index contributed by atoms with van der Waals surface area (Å²) in [6.45, 7) is 2.47. The Labute approximate surface area is 202 Å². The largest absolute Gasteiger partial charge is 0.490 e. The SMILES string of the molecule is CCOc1cc(C=C2C(=O)NC(=S)NC2=O)cc(I)c1OCc1ccc(Cl)cc1Cl. The number of nitrogens with one attached hydrogen (secondary N) is 2. The zero-order valence-electron chi connectivity index (χ0n) is 15.6. The summed E-state index contributed by atoms with van der Waals surface area (Å²) in [5.41, 5.74) is 1.33. The summed E-state index contributed by atoms with van der Waals surface area (Å²) < 4.78 is 12.4. The number of benzene rings is 2. The van der Waals surface area contributed by atoms with Crippen molar-refractivity contribution in [2.75, 3.05) is 6.61 Å². The van der Waals surface area contributed by atoms with E-state index in [2.05, 4.69) is 33.2 Å². The predicted octanol–water partition coefficient (Wildman–Crippen LogP) is 4.49. The molecule has 1 saturated heterocycles. The molecule has 1 fully saturated rings. The number of ether oxygens (including phenoxy) is 2. The van der Waals surface area contributed by atoms with Gasteiger partial charge in [-0.2, -0.15) is 0 Å². The lowest BCUT2D eigenvalue weighted by Crippen LogP contribution is -2.51. The van der Waals surface area contributed by atoms with Gasteiger partial charge in [0.2, 0.25) is 0 Å². The maximum atomic E-state index is 12.1. The molecule has 156 valence electrons. The summed E-state index contributed by atoms with van der Waals surface area (Å²) in [6, 6.07) is 8.66. The molecule has 6 nitrogen and oxygen atoms in total. The molecule has 0 spiro atoms. The van der Waals surface area contributed by atoms with Crippen LogP contribution >= 0.6 is 58.0 Å². The minimum atomic E-state index is -0.561. The third kappa shape index (κ3) is 5.42. The van der Waals surface area contributed by atoms with E-state index in [-0.39, 0.29) is 17.3 Å². The Morgan fingerprint density at radius 2 is 1.80 bits per heavy atom. The number of amides is 2. The van der Waals surface area contributed by atoms with Crippen molar-refractivity contribution in [2.24, 2.45) is 0 Å². The highest BCUT2D eigenvalue weighted by molar-refractivity contribution is 14.1. The van der Waals surface area contributed by atoms with E-state index in [9.17, 15) is 9.59 Å². The third-order valence-corrected chi connectivity index (χ3v) is 5.57. The van der Waals surface area contributed by atoms with Gasteiger partial charge in [0.15, 0.2) is 16.6 Å². The van der Waals surface area contributed by atoms with Crippen LogP contribution in [-0.2, 0) is 16.2 Å². The molecular weight excluding hydrogens is 562 g/mol. The molecule has 0 aromatic heterocycles. The van der Waals surface area contributed by atoms with E-state index in [1.165, 1.54) is 6.08 Å². The van der Waals surface area contributed by atoms with Crippen LogP contribution in [-0.4, -0.2) is 23.5 Å². The molecule has 0 atom stereocenters. The Morgan fingerprint density at radius 3 is 2.43 bits per heavy atom. The van der Waals surface area contributed by atoms with E-state index < -0.39 is 11.8 Å². The summed E-state index contributed by atoms with van der Waals surface area (Å²) in [5.74, 6) is -0.110. The molecule has 2 aromatic carbocycles. The van der Waals surface area contributed by atoms with Gasteiger partial charge in [0, 0.05) is 15.6 Å². The van der Waals surface area contributed by atoms with Crippen LogP contribution in [0.3, 0.4) is 0 Å². The Hall–Kier alpha value is -1.88. The molecule has 30 heavy (non-hydrogen) atoms. The molecule has 2 aromatic rings. The van der Waals surface area contributed by atoms with E-state index >= 15 is 0 Å². The van der Waals surface area contributed by atoms with Gasteiger partial charge >= 0.3 is 0 Å². The van der Waals surface area contributed by atoms with E-state index in [0.29, 0.717) is 33.7 Å². The lowest BCUT2D eigenvalue weighted by molar-refractivity contribution is -0.123. The highest BCUT2D eigenvalue weighted by atomic mass is 127. The van der Waals surface area contributed by atoms with Crippen molar-refractivity contribution in [3.05, 3.63) is 60.6 Å². The molecule has 0 saturated carbocycles. The average molecular weight is 577 g/mol. The number of hydrogen-bond acceptors (Lipinski definition) is 5. The highest BCUT2D eigenvalue weighted by Crippen LogP contribution is 2.36. The summed E-state index contributed by atoms with van der Waals surface area (Å²) >= 11 is 19.1. The molecule has 0 aliphatic carbocycles. The van der Waals surface area contributed by atoms with Crippen molar-refractivity contribution in [1.29, 1.82) is 0 Å². The third-order valence-electron chi connectivity index (χ3n) is 3.97. The fourth-order valence-corrected chi connectivity index (χ4v) is 4.07. The van der Waals surface area contributed by atoms with Gasteiger partial charge in [0.05, 0.1) is 10.2 Å². The van der Waals surface area contributed by atoms with Crippen molar-refractivity contribution in [1.82, 2.24) is 10.6 Å². The van der Waals surface area contributed by atoms with Crippen molar-refractivity contribution >= 4 is 81.0 Å². The van der Waals surface area contributed by atoms with Crippen LogP contribution in [0.15, 0.2) is 35.9 Å².